The van der Waals surface area contributed by atoms with Gasteiger partial charge in [-0.1, -0.05) is 17.7 Å². The van der Waals surface area contributed by atoms with Crippen LogP contribution in [0.3, 0.4) is 0 Å². The zero-order valence-corrected chi connectivity index (χ0v) is 9.18. The smallest absolute Gasteiger partial charge is 0.109 e. The van der Waals surface area contributed by atoms with Crippen LogP contribution in [0.25, 0.3) is 0 Å². The van der Waals surface area contributed by atoms with Crippen molar-refractivity contribution < 1.29 is 0 Å². The lowest BCUT2D eigenvalue weighted by atomic mass is 10.2. The second kappa shape index (κ2) is 6.42. The molecule has 0 aliphatic heterocycles. The zero-order valence-electron chi connectivity index (χ0n) is 6.16. The molecule has 0 radical (unpaired) electrons. The molecule has 0 nitrogen and oxygen atoms in total. The molecule has 0 N–H and O–H groups in total. The number of hydrogen-bond acceptors (Lipinski definition) is 0. The van der Waals surface area contributed by atoms with Gasteiger partial charge in [0.15, 0.2) is 0 Å². The van der Waals surface area contributed by atoms with Crippen LogP contribution < -0.4 is 0 Å². The molecule has 0 aliphatic carbocycles. The summed E-state index contributed by atoms with van der Waals surface area (Å²) >= 11 is 22.6. The van der Waals surface area contributed by atoms with Crippen molar-refractivity contribution >= 4 is 46.4 Å². The lowest BCUT2D eigenvalue weighted by molar-refractivity contribution is 0.798. The zero-order chi connectivity index (χ0) is 8.85. The molecular formula is C7H10Cl4. The molecule has 1 atom stereocenters. The van der Waals surface area contributed by atoms with Crippen LogP contribution in [-0.2, 0) is 0 Å². The maximum Gasteiger partial charge on any atom is 0.109 e. The third-order valence-electron chi connectivity index (χ3n) is 1.16. The Bertz CT molecular complexity index is 130. The van der Waals surface area contributed by atoms with Gasteiger partial charge < -0.3 is 0 Å². The van der Waals surface area contributed by atoms with Gasteiger partial charge in [-0.3, -0.25) is 0 Å². The Morgan fingerprint density at radius 3 is 2.27 bits per heavy atom. The van der Waals surface area contributed by atoms with E-state index in [1.165, 1.54) is 0 Å². The molecule has 0 aromatic heterocycles. The molecule has 0 bridgehead atoms. The van der Waals surface area contributed by atoms with E-state index >= 15 is 0 Å². The summed E-state index contributed by atoms with van der Waals surface area (Å²) in [5.41, 5.74) is 0. The summed E-state index contributed by atoms with van der Waals surface area (Å²) < 4.78 is 0. The Balaban J connectivity index is 3.60. The van der Waals surface area contributed by atoms with Crippen LogP contribution in [0.4, 0.5) is 0 Å². The quantitative estimate of drug-likeness (QED) is 0.637. The fourth-order valence-corrected chi connectivity index (χ4v) is 1.83. The molecule has 0 saturated heterocycles. The van der Waals surface area contributed by atoms with Crippen LogP contribution >= 0.6 is 46.4 Å². The Kier molecular flexibility index (Phi) is 6.94. The summed E-state index contributed by atoms with van der Waals surface area (Å²) in [6.45, 7) is 1.87. The number of rotatable bonds is 4. The Morgan fingerprint density at radius 2 is 1.91 bits per heavy atom. The summed E-state index contributed by atoms with van der Waals surface area (Å²) in [6, 6.07) is 0. The summed E-state index contributed by atoms with van der Waals surface area (Å²) in [4.78, 5) is -0.404. The van der Waals surface area contributed by atoms with E-state index in [1.54, 1.807) is 0 Å². The first-order valence-electron chi connectivity index (χ1n) is 3.29. The monoisotopic (exact) mass is 234 g/mol. The predicted molar refractivity (Wildman–Crippen MR) is 54.0 cm³/mol. The predicted octanol–water partition coefficient (Wildman–Crippen LogP) is 4.32. The van der Waals surface area contributed by atoms with Gasteiger partial charge in [-0.25, -0.2) is 0 Å². The number of alkyl halides is 3. The van der Waals surface area contributed by atoms with Crippen molar-refractivity contribution in [3.8, 4) is 0 Å². The van der Waals surface area contributed by atoms with Crippen molar-refractivity contribution in [2.75, 3.05) is 0 Å². The molecule has 0 heterocycles. The molecule has 0 aliphatic rings. The lowest BCUT2D eigenvalue weighted by Gasteiger charge is -2.07. The van der Waals surface area contributed by atoms with E-state index in [9.17, 15) is 0 Å². The van der Waals surface area contributed by atoms with Crippen molar-refractivity contribution in [3.05, 3.63) is 11.1 Å². The Morgan fingerprint density at radius 1 is 1.36 bits per heavy atom. The van der Waals surface area contributed by atoms with Gasteiger partial charge in [0.05, 0.1) is 0 Å². The summed E-state index contributed by atoms with van der Waals surface area (Å²) in [5.74, 6) is 0. The van der Waals surface area contributed by atoms with Crippen LogP contribution in [0.5, 0.6) is 0 Å². The van der Waals surface area contributed by atoms with Crippen molar-refractivity contribution in [1.29, 1.82) is 0 Å². The maximum atomic E-state index is 5.86. The first kappa shape index (κ1) is 11.9. The third kappa shape index (κ3) is 7.27. The van der Waals surface area contributed by atoms with Crippen molar-refractivity contribution in [2.24, 2.45) is 0 Å². The minimum absolute atomic E-state index is 0.0706. The van der Waals surface area contributed by atoms with E-state index in [1.807, 2.05) is 13.0 Å². The van der Waals surface area contributed by atoms with Gasteiger partial charge in [0.2, 0.25) is 0 Å². The first-order chi connectivity index (χ1) is 5.06. The minimum atomic E-state index is -0.404. The van der Waals surface area contributed by atoms with Gasteiger partial charge in [-0.05, 0) is 19.8 Å². The summed E-state index contributed by atoms with van der Waals surface area (Å²) in [5, 5.41) is 0.678. The van der Waals surface area contributed by atoms with Crippen molar-refractivity contribution in [1.82, 2.24) is 0 Å². The van der Waals surface area contributed by atoms with Gasteiger partial charge in [-0.15, -0.1) is 34.8 Å². The van der Waals surface area contributed by atoms with Crippen LogP contribution in [-0.4, -0.2) is 10.2 Å². The Hall–Kier alpha value is 0.900. The molecule has 0 aromatic carbocycles. The van der Waals surface area contributed by atoms with Crippen LogP contribution in [0.2, 0.25) is 0 Å². The molecule has 1 unspecified atom stereocenters. The summed E-state index contributed by atoms with van der Waals surface area (Å²) in [7, 11) is 0. The average molecular weight is 236 g/mol. The average Bonchev–Trinajstić information content (AvgIpc) is 1.85. The molecule has 0 aromatic rings. The fraction of sp³-hybridized carbons (Fsp3) is 0.714. The highest BCUT2D eigenvalue weighted by atomic mass is 35.5. The molecule has 0 fully saturated rings. The topological polar surface area (TPSA) is 0 Å². The van der Waals surface area contributed by atoms with E-state index in [4.69, 9.17) is 46.4 Å². The number of allylic oxidation sites excluding steroid dienone is 2. The minimum Gasteiger partial charge on any atom is -0.123 e. The van der Waals surface area contributed by atoms with Gasteiger partial charge in [-0.2, -0.15) is 0 Å². The summed E-state index contributed by atoms with van der Waals surface area (Å²) in [6.07, 6.45) is 3.01. The molecule has 4 heteroatoms. The highest BCUT2D eigenvalue weighted by molar-refractivity contribution is 6.44. The van der Waals surface area contributed by atoms with Gasteiger partial charge in [0, 0.05) is 10.4 Å². The molecule has 66 valence electrons. The third-order valence-corrected chi connectivity index (χ3v) is 2.23. The number of halogens is 4. The van der Waals surface area contributed by atoms with Gasteiger partial charge in [0.25, 0.3) is 0 Å². The second-order valence-electron chi connectivity index (χ2n) is 2.16. The molecule has 0 saturated carbocycles. The number of hydrogen-bond donors (Lipinski definition) is 0. The lowest BCUT2D eigenvalue weighted by Crippen LogP contribution is -2.03. The van der Waals surface area contributed by atoms with E-state index in [0.717, 1.165) is 5.03 Å². The van der Waals surface area contributed by atoms with Crippen LogP contribution in [0, 0.1) is 0 Å². The highest BCUT2D eigenvalue weighted by Crippen LogP contribution is 2.21. The SMILES string of the molecule is CC=C(Cl)CC(Cl)CC(Cl)Cl. The standard InChI is InChI=1S/C7H10Cl4/c1-2-5(8)3-6(9)4-7(10)11/h2,6-7H,3-4H2,1H3. The van der Waals surface area contributed by atoms with E-state index in [0.29, 0.717) is 12.8 Å². The normalized spacial score (nSPS) is 15.6. The van der Waals surface area contributed by atoms with Crippen molar-refractivity contribution in [3.63, 3.8) is 0 Å². The molecule has 0 amide bonds. The molecular weight excluding hydrogens is 226 g/mol. The van der Waals surface area contributed by atoms with Gasteiger partial charge in [0.1, 0.15) is 4.84 Å². The van der Waals surface area contributed by atoms with Gasteiger partial charge >= 0.3 is 0 Å². The Labute approximate surface area is 87.5 Å². The highest BCUT2D eigenvalue weighted by Gasteiger charge is 2.10. The maximum absolute atomic E-state index is 5.86. The molecule has 0 spiro atoms. The fourth-order valence-electron chi connectivity index (χ4n) is 0.606. The molecule has 0 rings (SSSR count). The molecule has 11 heavy (non-hydrogen) atoms. The second-order valence-corrected chi connectivity index (χ2v) is 4.54. The van der Waals surface area contributed by atoms with Crippen LogP contribution in [0.15, 0.2) is 11.1 Å². The largest absolute Gasteiger partial charge is 0.123 e. The van der Waals surface area contributed by atoms with Crippen LogP contribution in [0.1, 0.15) is 19.8 Å². The van der Waals surface area contributed by atoms with E-state index < -0.39 is 4.84 Å². The first-order valence-corrected chi connectivity index (χ1v) is 4.98. The van der Waals surface area contributed by atoms with Crippen molar-refractivity contribution in [2.45, 2.75) is 30.0 Å². The van der Waals surface area contributed by atoms with E-state index in [2.05, 4.69) is 0 Å². The van der Waals surface area contributed by atoms with E-state index in [-0.39, 0.29) is 5.38 Å².